The standard InChI is InChI=1S/C10H15N3O2/c1-15-7-6-12-10(14)13-8-9-4-2-3-5-11-9/h2-5H,6-8H2,1H3,(H2,12,13,14). The van der Waals surface area contributed by atoms with Gasteiger partial charge in [-0.05, 0) is 12.1 Å². The van der Waals surface area contributed by atoms with Crippen LogP contribution >= 0.6 is 0 Å². The molecule has 0 bridgehead atoms. The highest BCUT2D eigenvalue weighted by Gasteiger charge is 1.99. The van der Waals surface area contributed by atoms with Crippen molar-refractivity contribution in [2.45, 2.75) is 6.54 Å². The van der Waals surface area contributed by atoms with Crippen molar-refractivity contribution in [3.63, 3.8) is 0 Å². The van der Waals surface area contributed by atoms with Gasteiger partial charge in [0, 0.05) is 19.9 Å². The van der Waals surface area contributed by atoms with E-state index in [0.29, 0.717) is 19.7 Å². The summed E-state index contributed by atoms with van der Waals surface area (Å²) in [5, 5.41) is 5.34. The Labute approximate surface area is 88.9 Å². The maximum atomic E-state index is 11.2. The highest BCUT2D eigenvalue weighted by Crippen LogP contribution is 1.91. The minimum Gasteiger partial charge on any atom is -0.383 e. The Bertz CT molecular complexity index is 290. The number of amides is 2. The van der Waals surface area contributed by atoms with Crippen molar-refractivity contribution in [2.75, 3.05) is 20.3 Å². The summed E-state index contributed by atoms with van der Waals surface area (Å²) in [6.45, 7) is 1.45. The number of aromatic nitrogens is 1. The average molecular weight is 209 g/mol. The van der Waals surface area contributed by atoms with Gasteiger partial charge in [0.2, 0.25) is 0 Å². The van der Waals surface area contributed by atoms with Gasteiger partial charge in [-0.3, -0.25) is 4.98 Å². The van der Waals surface area contributed by atoms with Gasteiger partial charge >= 0.3 is 6.03 Å². The Kier molecular flexibility index (Phi) is 5.18. The van der Waals surface area contributed by atoms with Crippen LogP contribution in [0.4, 0.5) is 4.79 Å². The van der Waals surface area contributed by atoms with Crippen LogP contribution in [0.3, 0.4) is 0 Å². The Hall–Kier alpha value is -1.62. The molecule has 0 aliphatic carbocycles. The van der Waals surface area contributed by atoms with Gasteiger partial charge in [-0.25, -0.2) is 4.79 Å². The Balaban J connectivity index is 2.17. The van der Waals surface area contributed by atoms with E-state index in [-0.39, 0.29) is 6.03 Å². The van der Waals surface area contributed by atoms with Crippen molar-refractivity contribution >= 4 is 6.03 Å². The highest BCUT2D eigenvalue weighted by molar-refractivity contribution is 5.73. The minimum atomic E-state index is -0.210. The molecule has 1 heterocycles. The molecule has 0 fully saturated rings. The molecule has 0 atom stereocenters. The summed E-state index contributed by atoms with van der Waals surface area (Å²) >= 11 is 0. The molecule has 1 aromatic heterocycles. The topological polar surface area (TPSA) is 63.2 Å². The molecule has 15 heavy (non-hydrogen) atoms. The third kappa shape index (κ3) is 4.97. The number of hydrogen-bond acceptors (Lipinski definition) is 3. The van der Waals surface area contributed by atoms with Crippen LogP contribution < -0.4 is 10.6 Å². The lowest BCUT2D eigenvalue weighted by Gasteiger charge is -2.06. The smallest absolute Gasteiger partial charge is 0.315 e. The average Bonchev–Trinajstić information content (AvgIpc) is 2.28. The maximum Gasteiger partial charge on any atom is 0.315 e. The fraction of sp³-hybridized carbons (Fsp3) is 0.400. The Morgan fingerprint density at radius 3 is 3.00 bits per heavy atom. The number of carbonyl (C=O) groups is 1. The van der Waals surface area contributed by atoms with Crippen LogP contribution in [-0.2, 0) is 11.3 Å². The first-order valence-electron chi connectivity index (χ1n) is 4.73. The van der Waals surface area contributed by atoms with Gasteiger partial charge < -0.3 is 15.4 Å². The van der Waals surface area contributed by atoms with E-state index in [4.69, 9.17) is 4.74 Å². The highest BCUT2D eigenvalue weighted by atomic mass is 16.5. The van der Waals surface area contributed by atoms with E-state index in [1.165, 1.54) is 0 Å². The lowest BCUT2D eigenvalue weighted by molar-refractivity contribution is 0.196. The Morgan fingerprint density at radius 1 is 1.47 bits per heavy atom. The molecule has 1 rings (SSSR count). The fourth-order valence-electron chi connectivity index (χ4n) is 1.00. The van der Waals surface area contributed by atoms with Crippen LogP contribution in [0.5, 0.6) is 0 Å². The molecule has 0 aromatic carbocycles. The summed E-state index contributed by atoms with van der Waals surface area (Å²) in [6, 6.07) is 5.36. The first-order valence-corrected chi connectivity index (χ1v) is 4.73. The zero-order valence-corrected chi connectivity index (χ0v) is 8.69. The van der Waals surface area contributed by atoms with Crippen molar-refractivity contribution in [1.29, 1.82) is 0 Å². The lowest BCUT2D eigenvalue weighted by Crippen LogP contribution is -2.36. The summed E-state index contributed by atoms with van der Waals surface area (Å²) in [7, 11) is 1.59. The third-order valence-electron chi connectivity index (χ3n) is 1.75. The van der Waals surface area contributed by atoms with E-state index < -0.39 is 0 Å². The number of nitrogens with zero attached hydrogens (tertiary/aromatic N) is 1. The number of methoxy groups -OCH3 is 1. The summed E-state index contributed by atoms with van der Waals surface area (Å²) in [4.78, 5) is 15.3. The molecule has 0 saturated heterocycles. The van der Waals surface area contributed by atoms with E-state index in [9.17, 15) is 4.79 Å². The molecule has 0 aliphatic rings. The molecule has 2 amide bonds. The molecule has 5 nitrogen and oxygen atoms in total. The SMILES string of the molecule is COCCNC(=O)NCc1ccccn1. The van der Waals surface area contributed by atoms with E-state index in [0.717, 1.165) is 5.69 Å². The van der Waals surface area contributed by atoms with Crippen LogP contribution in [0.2, 0.25) is 0 Å². The van der Waals surface area contributed by atoms with Crippen LogP contribution in [0.1, 0.15) is 5.69 Å². The summed E-state index contributed by atoms with van der Waals surface area (Å²) in [5.41, 5.74) is 0.833. The Morgan fingerprint density at radius 2 is 2.33 bits per heavy atom. The van der Waals surface area contributed by atoms with Gasteiger partial charge in [-0.15, -0.1) is 0 Å². The van der Waals surface area contributed by atoms with Crippen LogP contribution in [-0.4, -0.2) is 31.3 Å². The second kappa shape index (κ2) is 6.78. The van der Waals surface area contributed by atoms with E-state index in [1.54, 1.807) is 13.3 Å². The van der Waals surface area contributed by atoms with Crippen molar-refractivity contribution in [2.24, 2.45) is 0 Å². The van der Waals surface area contributed by atoms with Gasteiger partial charge in [0.05, 0.1) is 18.8 Å². The lowest BCUT2D eigenvalue weighted by atomic mass is 10.3. The number of ether oxygens (including phenoxy) is 1. The van der Waals surface area contributed by atoms with E-state index in [2.05, 4.69) is 15.6 Å². The van der Waals surface area contributed by atoms with Gasteiger partial charge in [0.15, 0.2) is 0 Å². The molecule has 0 spiro atoms. The number of nitrogens with one attached hydrogen (secondary N) is 2. The largest absolute Gasteiger partial charge is 0.383 e. The number of carbonyl (C=O) groups excluding carboxylic acids is 1. The molecule has 82 valence electrons. The molecule has 0 aliphatic heterocycles. The molecule has 2 N–H and O–H groups in total. The van der Waals surface area contributed by atoms with Crippen LogP contribution in [0.15, 0.2) is 24.4 Å². The van der Waals surface area contributed by atoms with E-state index >= 15 is 0 Å². The van der Waals surface area contributed by atoms with Crippen molar-refractivity contribution in [3.05, 3.63) is 30.1 Å². The number of rotatable bonds is 5. The zero-order valence-electron chi connectivity index (χ0n) is 8.69. The summed E-state index contributed by atoms with van der Waals surface area (Å²) < 4.78 is 4.80. The minimum absolute atomic E-state index is 0.210. The summed E-state index contributed by atoms with van der Waals surface area (Å²) in [5.74, 6) is 0. The third-order valence-corrected chi connectivity index (χ3v) is 1.75. The molecule has 0 saturated carbocycles. The fourth-order valence-corrected chi connectivity index (χ4v) is 1.00. The molecule has 1 aromatic rings. The molecular weight excluding hydrogens is 194 g/mol. The second-order valence-corrected chi connectivity index (χ2v) is 2.92. The van der Waals surface area contributed by atoms with Crippen LogP contribution in [0, 0.1) is 0 Å². The second-order valence-electron chi connectivity index (χ2n) is 2.92. The predicted molar refractivity (Wildman–Crippen MR) is 56.4 cm³/mol. The quantitative estimate of drug-likeness (QED) is 0.695. The number of pyridine rings is 1. The molecule has 0 radical (unpaired) electrons. The number of hydrogen-bond donors (Lipinski definition) is 2. The molecule has 0 unspecified atom stereocenters. The maximum absolute atomic E-state index is 11.2. The van der Waals surface area contributed by atoms with E-state index in [1.807, 2.05) is 18.2 Å². The first-order chi connectivity index (χ1) is 7.33. The van der Waals surface area contributed by atoms with Crippen LogP contribution in [0.25, 0.3) is 0 Å². The van der Waals surface area contributed by atoms with Gasteiger partial charge in [0.1, 0.15) is 0 Å². The summed E-state index contributed by atoms with van der Waals surface area (Å²) in [6.07, 6.45) is 1.69. The predicted octanol–water partition coefficient (Wildman–Crippen LogP) is 0.527. The molecule has 5 heteroatoms. The monoisotopic (exact) mass is 209 g/mol. The van der Waals surface area contributed by atoms with Gasteiger partial charge in [-0.1, -0.05) is 6.07 Å². The van der Waals surface area contributed by atoms with Gasteiger partial charge in [0.25, 0.3) is 0 Å². The normalized spacial score (nSPS) is 9.67. The molecular formula is C10H15N3O2. The first kappa shape index (κ1) is 11.5. The number of urea groups is 1. The van der Waals surface area contributed by atoms with Crippen molar-refractivity contribution in [3.8, 4) is 0 Å². The van der Waals surface area contributed by atoms with Crippen molar-refractivity contribution < 1.29 is 9.53 Å². The zero-order chi connectivity index (χ0) is 10.9. The van der Waals surface area contributed by atoms with Gasteiger partial charge in [-0.2, -0.15) is 0 Å². The van der Waals surface area contributed by atoms with Crippen molar-refractivity contribution in [1.82, 2.24) is 15.6 Å².